The topological polar surface area (TPSA) is 46.6 Å². The summed E-state index contributed by atoms with van der Waals surface area (Å²) >= 11 is 0. The molecule has 3 unspecified atom stereocenters. The van der Waals surface area contributed by atoms with E-state index in [-0.39, 0.29) is 0 Å². The van der Waals surface area contributed by atoms with Gasteiger partial charge < -0.3 is 19.7 Å². The van der Waals surface area contributed by atoms with Crippen LogP contribution in [-0.2, 0) is 21.6 Å². The molecule has 4 fully saturated rings. The first-order valence-electron chi connectivity index (χ1n) is 12.1. The van der Waals surface area contributed by atoms with Gasteiger partial charge >= 0.3 is 0 Å². The summed E-state index contributed by atoms with van der Waals surface area (Å²) in [7, 11) is 0. The summed E-state index contributed by atoms with van der Waals surface area (Å²) in [6.07, 6.45) is 6.23. The van der Waals surface area contributed by atoms with Crippen LogP contribution in [0.2, 0.25) is 0 Å². The van der Waals surface area contributed by atoms with Crippen LogP contribution >= 0.6 is 0 Å². The summed E-state index contributed by atoms with van der Waals surface area (Å²) in [5.41, 5.74) is 2.95. The van der Waals surface area contributed by atoms with Crippen LogP contribution in [-0.4, -0.2) is 43.2 Å². The molecule has 0 bridgehead atoms. The summed E-state index contributed by atoms with van der Waals surface area (Å²) in [6.45, 7) is 3.29. The van der Waals surface area contributed by atoms with Crippen LogP contribution in [0.1, 0.15) is 43.4 Å². The van der Waals surface area contributed by atoms with Gasteiger partial charge in [0.15, 0.2) is 5.79 Å². The van der Waals surface area contributed by atoms with Gasteiger partial charge in [0.25, 0.3) is 0 Å². The molecule has 1 spiro atoms. The molecular formula is C26H32FN3O2. The summed E-state index contributed by atoms with van der Waals surface area (Å²) in [5.74, 6) is 1.15. The predicted molar refractivity (Wildman–Crippen MR) is 121 cm³/mol. The summed E-state index contributed by atoms with van der Waals surface area (Å²) in [4.78, 5) is 6.83. The Morgan fingerprint density at radius 3 is 2.69 bits per heavy atom. The van der Waals surface area contributed by atoms with Crippen LogP contribution in [0.5, 0.6) is 0 Å². The van der Waals surface area contributed by atoms with Crippen molar-refractivity contribution in [3.63, 3.8) is 0 Å². The number of hydrogen-bond donors (Lipinski definition) is 1. The van der Waals surface area contributed by atoms with Gasteiger partial charge in [-0.2, -0.15) is 0 Å². The molecule has 6 heteroatoms. The molecule has 1 aromatic heterocycles. The molecule has 2 saturated carbocycles. The highest BCUT2D eigenvalue weighted by atomic mass is 19.1. The summed E-state index contributed by atoms with van der Waals surface area (Å²) < 4.78 is 26.5. The van der Waals surface area contributed by atoms with Crippen LogP contribution in [0.15, 0.2) is 48.7 Å². The van der Waals surface area contributed by atoms with Crippen molar-refractivity contribution in [2.45, 2.75) is 56.2 Å². The number of alkyl halides is 1. The standard InChI is InChI=1S/C26H32FN3O2/c27-22-17-30(18-22)23-6-2-1-5-19(23)16-28-11-8-25(24-7-3-4-10-29-24)9-12-31-26(32-25)14-20-13-21(20)15-26/h1-7,10,20-22,28H,8-9,11-18H2. The summed E-state index contributed by atoms with van der Waals surface area (Å²) in [6, 6.07) is 14.4. The van der Waals surface area contributed by atoms with Crippen molar-refractivity contribution in [1.82, 2.24) is 10.3 Å². The second kappa shape index (κ2) is 8.08. The van der Waals surface area contributed by atoms with Crippen LogP contribution in [0, 0.1) is 11.8 Å². The second-order valence-corrected chi connectivity index (χ2v) is 10.0. The molecule has 0 radical (unpaired) electrons. The molecule has 0 amide bonds. The molecular weight excluding hydrogens is 405 g/mol. The normalized spacial score (nSPS) is 33.8. The number of ether oxygens (including phenoxy) is 2. The number of rotatable bonds is 7. The van der Waals surface area contributed by atoms with Gasteiger partial charge in [-0.15, -0.1) is 0 Å². The average molecular weight is 438 g/mol. The van der Waals surface area contributed by atoms with E-state index in [2.05, 4.69) is 40.5 Å². The van der Waals surface area contributed by atoms with E-state index in [9.17, 15) is 4.39 Å². The predicted octanol–water partition coefficient (Wildman–Crippen LogP) is 4.18. The highest BCUT2D eigenvalue weighted by Crippen LogP contribution is 2.60. The highest BCUT2D eigenvalue weighted by Gasteiger charge is 2.60. The van der Waals surface area contributed by atoms with E-state index in [4.69, 9.17) is 14.5 Å². The van der Waals surface area contributed by atoms with Gasteiger partial charge in [-0.05, 0) is 55.0 Å². The van der Waals surface area contributed by atoms with E-state index in [1.807, 2.05) is 18.3 Å². The number of anilines is 1. The first-order valence-corrected chi connectivity index (χ1v) is 12.1. The lowest BCUT2D eigenvalue weighted by atomic mass is 9.88. The molecule has 1 aromatic carbocycles. The lowest BCUT2D eigenvalue weighted by Gasteiger charge is -2.47. The molecule has 2 saturated heterocycles. The smallest absolute Gasteiger partial charge is 0.170 e. The van der Waals surface area contributed by atoms with E-state index in [0.29, 0.717) is 13.1 Å². The molecule has 170 valence electrons. The highest BCUT2D eigenvalue weighted by molar-refractivity contribution is 5.55. The van der Waals surface area contributed by atoms with Crippen molar-refractivity contribution >= 4 is 5.69 Å². The molecule has 3 heterocycles. The number of nitrogens with zero attached hydrogens (tertiary/aromatic N) is 2. The van der Waals surface area contributed by atoms with Crippen LogP contribution in [0.25, 0.3) is 0 Å². The Balaban J connectivity index is 1.14. The van der Waals surface area contributed by atoms with E-state index in [1.165, 1.54) is 12.0 Å². The SMILES string of the molecule is FC1CN(c2ccccc2CNCCC2(c3ccccn3)CCOC3(CC4CC4C3)O2)C1. The van der Waals surface area contributed by atoms with Crippen LogP contribution in [0.4, 0.5) is 10.1 Å². The Morgan fingerprint density at radius 1 is 1.09 bits per heavy atom. The number of aromatic nitrogens is 1. The number of para-hydroxylation sites is 1. The fourth-order valence-electron chi connectivity index (χ4n) is 5.95. The van der Waals surface area contributed by atoms with Gasteiger partial charge in [0.05, 0.1) is 25.4 Å². The van der Waals surface area contributed by atoms with Gasteiger partial charge in [0.1, 0.15) is 11.8 Å². The zero-order valence-electron chi connectivity index (χ0n) is 18.5. The maximum atomic E-state index is 13.4. The molecule has 2 aliphatic carbocycles. The lowest BCUT2D eigenvalue weighted by Crippen LogP contribution is -2.51. The molecule has 5 nitrogen and oxygen atoms in total. The Morgan fingerprint density at radius 2 is 1.91 bits per heavy atom. The monoisotopic (exact) mass is 437 g/mol. The van der Waals surface area contributed by atoms with Gasteiger partial charge in [-0.1, -0.05) is 24.3 Å². The third-order valence-electron chi connectivity index (χ3n) is 7.79. The number of fused-ring (bicyclic) bond motifs is 1. The molecule has 2 aromatic rings. The number of hydrogen-bond acceptors (Lipinski definition) is 5. The Kier molecular flexibility index (Phi) is 5.20. The Hall–Kier alpha value is -2.02. The quantitative estimate of drug-likeness (QED) is 0.659. The lowest BCUT2D eigenvalue weighted by molar-refractivity contribution is -0.335. The Labute approximate surface area is 189 Å². The van der Waals surface area contributed by atoms with Gasteiger partial charge in [-0.3, -0.25) is 4.98 Å². The molecule has 2 aliphatic heterocycles. The van der Waals surface area contributed by atoms with Crippen molar-refractivity contribution in [3.05, 3.63) is 59.9 Å². The third kappa shape index (κ3) is 3.82. The molecule has 4 aliphatic rings. The van der Waals surface area contributed by atoms with Gasteiger partial charge in [0.2, 0.25) is 0 Å². The first-order chi connectivity index (χ1) is 15.6. The van der Waals surface area contributed by atoms with Crippen molar-refractivity contribution in [1.29, 1.82) is 0 Å². The fourth-order valence-corrected chi connectivity index (χ4v) is 5.95. The van der Waals surface area contributed by atoms with Gasteiger partial charge in [-0.25, -0.2) is 4.39 Å². The largest absolute Gasteiger partial charge is 0.365 e. The minimum atomic E-state index is -0.700. The maximum absolute atomic E-state index is 13.4. The van der Waals surface area contributed by atoms with Crippen LogP contribution < -0.4 is 10.2 Å². The molecule has 6 rings (SSSR count). The van der Waals surface area contributed by atoms with Crippen molar-refractivity contribution in [3.8, 4) is 0 Å². The maximum Gasteiger partial charge on any atom is 0.170 e. The average Bonchev–Trinajstić information content (AvgIpc) is 3.42. The number of nitrogens with one attached hydrogen (secondary N) is 1. The van der Waals surface area contributed by atoms with Crippen molar-refractivity contribution in [2.75, 3.05) is 31.1 Å². The zero-order chi connectivity index (χ0) is 21.6. The molecule has 32 heavy (non-hydrogen) atoms. The molecule has 3 atom stereocenters. The first kappa shape index (κ1) is 20.6. The van der Waals surface area contributed by atoms with Crippen LogP contribution in [0.3, 0.4) is 0 Å². The summed E-state index contributed by atoms with van der Waals surface area (Å²) in [5, 5.41) is 3.63. The fraction of sp³-hybridized carbons (Fsp3) is 0.577. The molecule has 1 N–H and O–H groups in total. The van der Waals surface area contributed by atoms with E-state index in [0.717, 1.165) is 68.6 Å². The van der Waals surface area contributed by atoms with E-state index in [1.54, 1.807) is 0 Å². The minimum Gasteiger partial charge on any atom is -0.365 e. The second-order valence-electron chi connectivity index (χ2n) is 10.0. The number of pyridine rings is 1. The van der Waals surface area contributed by atoms with E-state index < -0.39 is 17.6 Å². The van der Waals surface area contributed by atoms with E-state index >= 15 is 0 Å². The van der Waals surface area contributed by atoms with Gasteiger partial charge in [0, 0.05) is 37.7 Å². The Bertz CT molecular complexity index is 941. The van der Waals surface area contributed by atoms with Crippen molar-refractivity contribution in [2.24, 2.45) is 11.8 Å². The number of halogens is 1. The minimum absolute atomic E-state index is 0.415. The number of benzene rings is 1. The third-order valence-corrected chi connectivity index (χ3v) is 7.79. The van der Waals surface area contributed by atoms with Crippen molar-refractivity contribution < 1.29 is 13.9 Å². The zero-order valence-corrected chi connectivity index (χ0v) is 18.5.